The standard InChI is InChI=1S/C16H24N2O4/c1-12(2)10-15(19)18-11-16(20)17-8-9-22-14-6-4-13(21-3)5-7-14/h4-7,12H,8-11H2,1-3H3,(H,17,20)(H,18,19). The minimum Gasteiger partial charge on any atom is -0.497 e. The van der Waals surface area contributed by atoms with Gasteiger partial charge >= 0.3 is 0 Å². The second-order valence-electron chi connectivity index (χ2n) is 5.25. The van der Waals surface area contributed by atoms with Crippen LogP contribution in [0.25, 0.3) is 0 Å². The van der Waals surface area contributed by atoms with E-state index in [2.05, 4.69) is 10.6 Å². The Morgan fingerprint density at radius 1 is 1.05 bits per heavy atom. The van der Waals surface area contributed by atoms with E-state index in [1.807, 2.05) is 13.8 Å². The third-order valence-electron chi connectivity index (χ3n) is 2.79. The minimum absolute atomic E-state index is 0.00586. The van der Waals surface area contributed by atoms with Crippen LogP contribution in [0.2, 0.25) is 0 Å². The molecule has 0 saturated heterocycles. The molecule has 0 unspecified atom stereocenters. The molecule has 1 aromatic carbocycles. The molecule has 1 aromatic rings. The first kappa shape index (κ1) is 17.8. The molecule has 0 saturated carbocycles. The van der Waals surface area contributed by atoms with E-state index in [1.165, 1.54) is 0 Å². The van der Waals surface area contributed by atoms with Crippen LogP contribution in [0.15, 0.2) is 24.3 Å². The Morgan fingerprint density at radius 3 is 2.27 bits per heavy atom. The number of hydrogen-bond donors (Lipinski definition) is 2. The third-order valence-corrected chi connectivity index (χ3v) is 2.79. The van der Waals surface area contributed by atoms with Gasteiger partial charge in [-0.1, -0.05) is 13.8 Å². The lowest BCUT2D eigenvalue weighted by molar-refractivity contribution is -0.126. The summed E-state index contributed by atoms with van der Waals surface area (Å²) in [5.41, 5.74) is 0. The summed E-state index contributed by atoms with van der Waals surface area (Å²) in [5.74, 6) is 1.41. The fourth-order valence-corrected chi connectivity index (χ4v) is 1.72. The van der Waals surface area contributed by atoms with Crippen LogP contribution in [0, 0.1) is 5.92 Å². The second-order valence-corrected chi connectivity index (χ2v) is 5.25. The summed E-state index contributed by atoms with van der Waals surface area (Å²) in [6, 6.07) is 7.20. The van der Waals surface area contributed by atoms with Gasteiger partial charge in [0.15, 0.2) is 0 Å². The van der Waals surface area contributed by atoms with E-state index < -0.39 is 0 Å². The number of carbonyl (C=O) groups is 2. The molecule has 0 aliphatic heterocycles. The van der Waals surface area contributed by atoms with Crippen LogP contribution in [-0.2, 0) is 9.59 Å². The highest BCUT2D eigenvalue weighted by Crippen LogP contribution is 2.16. The zero-order chi connectivity index (χ0) is 16.4. The Hall–Kier alpha value is -2.24. The molecule has 0 heterocycles. The van der Waals surface area contributed by atoms with E-state index in [-0.39, 0.29) is 24.3 Å². The van der Waals surface area contributed by atoms with Gasteiger partial charge in [0, 0.05) is 6.42 Å². The maximum absolute atomic E-state index is 11.5. The topological polar surface area (TPSA) is 76.7 Å². The quantitative estimate of drug-likeness (QED) is 0.675. The smallest absolute Gasteiger partial charge is 0.239 e. The molecular weight excluding hydrogens is 284 g/mol. The van der Waals surface area contributed by atoms with Gasteiger partial charge in [-0.15, -0.1) is 0 Å². The van der Waals surface area contributed by atoms with Crippen LogP contribution in [0.5, 0.6) is 11.5 Å². The Labute approximate surface area is 131 Å². The normalized spacial score (nSPS) is 10.2. The van der Waals surface area contributed by atoms with Crippen LogP contribution in [0.1, 0.15) is 20.3 Å². The van der Waals surface area contributed by atoms with Gasteiger partial charge < -0.3 is 20.1 Å². The third kappa shape index (κ3) is 7.52. The summed E-state index contributed by atoms with van der Waals surface area (Å²) < 4.78 is 10.5. The van der Waals surface area contributed by atoms with Gasteiger partial charge in [0.2, 0.25) is 11.8 Å². The Balaban J connectivity index is 2.13. The number of nitrogens with one attached hydrogen (secondary N) is 2. The number of ether oxygens (including phenoxy) is 2. The molecule has 6 nitrogen and oxygen atoms in total. The van der Waals surface area contributed by atoms with Gasteiger partial charge in [-0.05, 0) is 30.2 Å². The SMILES string of the molecule is COc1ccc(OCCNC(=O)CNC(=O)CC(C)C)cc1. The summed E-state index contributed by atoms with van der Waals surface area (Å²) in [6.45, 7) is 4.64. The molecule has 2 N–H and O–H groups in total. The molecule has 1 rings (SSSR count). The average Bonchev–Trinajstić information content (AvgIpc) is 2.49. The minimum atomic E-state index is -0.226. The van der Waals surface area contributed by atoms with Crippen LogP contribution in [0.3, 0.4) is 0 Å². The van der Waals surface area contributed by atoms with E-state index >= 15 is 0 Å². The number of carbonyl (C=O) groups excluding carboxylic acids is 2. The van der Waals surface area contributed by atoms with E-state index in [0.29, 0.717) is 25.3 Å². The van der Waals surface area contributed by atoms with E-state index in [0.717, 1.165) is 5.75 Å². The molecule has 0 aliphatic rings. The lowest BCUT2D eigenvalue weighted by atomic mass is 10.1. The van der Waals surface area contributed by atoms with Crippen molar-refractivity contribution in [3.63, 3.8) is 0 Å². The van der Waals surface area contributed by atoms with Crippen LogP contribution >= 0.6 is 0 Å². The Morgan fingerprint density at radius 2 is 1.68 bits per heavy atom. The summed E-state index contributed by atoms with van der Waals surface area (Å²) in [5, 5.41) is 5.26. The number of benzene rings is 1. The zero-order valence-electron chi connectivity index (χ0n) is 13.3. The van der Waals surface area contributed by atoms with Crippen molar-refractivity contribution in [2.24, 2.45) is 5.92 Å². The second kappa shape index (κ2) is 9.65. The van der Waals surface area contributed by atoms with E-state index in [1.54, 1.807) is 31.4 Å². The molecule has 0 spiro atoms. The van der Waals surface area contributed by atoms with Crippen molar-refractivity contribution in [3.05, 3.63) is 24.3 Å². The van der Waals surface area contributed by atoms with Gasteiger partial charge in [0.25, 0.3) is 0 Å². The highest BCUT2D eigenvalue weighted by atomic mass is 16.5. The van der Waals surface area contributed by atoms with E-state index in [4.69, 9.17) is 9.47 Å². The predicted molar refractivity (Wildman–Crippen MR) is 84.0 cm³/mol. The van der Waals surface area contributed by atoms with Crippen molar-refractivity contribution in [2.75, 3.05) is 26.8 Å². The van der Waals surface area contributed by atoms with Crippen LogP contribution < -0.4 is 20.1 Å². The summed E-state index contributed by atoms with van der Waals surface area (Å²) >= 11 is 0. The average molecular weight is 308 g/mol. The zero-order valence-corrected chi connectivity index (χ0v) is 13.3. The van der Waals surface area contributed by atoms with Crippen molar-refractivity contribution in [2.45, 2.75) is 20.3 Å². The van der Waals surface area contributed by atoms with Crippen LogP contribution in [-0.4, -0.2) is 38.6 Å². The molecule has 2 amide bonds. The number of amides is 2. The van der Waals surface area contributed by atoms with Crippen molar-refractivity contribution in [3.8, 4) is 11.5 Å². The molecule has 0 bridgehead atoms. The van der Waals surface area contributed by atoms with Gasteiger partial charge in [-0.25, -0.2) is 0 Å². The van der Waals surface area contributed by atoms with Crippen molar-refractivity contribution < 1.29 is 19.1 Å². The first-order valence-corrected chi connectivity index (χ1v) is 7.31. The summed E-state index contributed by atoms with van der Waals surface area (Å²) in [6.07, 6.45) is 0.424. The van der Waals surface area contributed by atoms with Crippen molar-refractivity contribution in [1.82, 2.24) is 10.6 Å². The number of methoxy groups -OCH3 is 1. The molecule has 0 atom stereocenters. The van der Waals surface area contributed by atoms with Gasteiger partial charge in [-0.2, -0.15) is 0 Å². The molecule has 22 heavy (non-hydrogen) atoms. The molecule has 0 aromatic heterocycles. The number of rotatable bonds is 9. The first-order chi connectivity index (χ1) is 10.5. The lowest BCUT2D eigenvalue weighted by Gasteiger charge is -2.09. The largest absolute Gasteiger partial charge is 0.497 e. The lowest BCUT2D eigenvalue weighted by Crippen LogP contribution is -2.38. The fraction of sp³-hybridized carbons (Fsp3) is 0.500. The van der Waals surface area contributed by atoms with Crippen LogP contribution in [0.4, 0.5) is 0 Å². The molecular formula is C16H24N2O4. The first-order valence-electron chi connectivity index (χ1n) is 7.31. The van der Waals surface area contributed by atoms with Crippen molar-refractivity contribution in [1.29, 1.82) is 0 Å². The van der Waals surface area contributed by atoms with Gasteiger partial charge in [0.05, 0.1) is 20.2 Å². The molecule has 0 fully saturated rings. The maximum atomic E-state index is 11.5. The van der Waals surface area contributed by atoms with Gasteiger partial charge in [0.1, 0.15) is 18.1 Å². The summed E-state index contributed by atoms with van der Waals surface area (Å²) in [7, 11) is 1.60. The molecule has 6 heteroatoms. The van der Waals surface area contributed by atoms with Crippen molar-refractivity contribution >= 4 is 11.8 Å². The maximum Gasteiger partial charge on any atom is 0.239 e. The highest BCUT2D eigenvalue weighted by molar-refractivity contribution is 5.84. The van der Waals surface area contributed by atoms with Gasteiger partial charge in [-0.3, -0.25) is 9.59 Å². The fourth-order valence-electron chi connectivity index (χ4n) is 1.72. The summed E-state index contributed by atoms with van der Waals surface area (Å²) in [4.78, 5) is 22.9. The molecule has 0 aliphatic carbocycles. The predicted octanol–water partition coefficient (Wildman–Crippen LogP) is 1.35. The number of hydrogen-bond acceptors (Lipinski definition) is 4. The highest BCUT2D eigenvalue weighted by Gasteiger charge is 2.07. The molecule has 0 radical (unpaired) electrons. The Bertz CT molecular complexity index is 472. The van der Waals surface area contributed by atoms with E-state index in [9.17, 15) is 9.59 Å². The Kier molecular flexibility index (Phi) is 7.81. The molecule has 122 valence electrons. The monoisotopic (exact) mass is 308 g/mol.